The van der Waals surface area contributed by atoms with Gasteiger partial charge in [0, 0.05) is 38.1 Å². The summed E-state index contributed by atoms with van der Waals surface area (Å²) < 4.78 is 2.61. The Labute approximate surface area is 218 Å². The fraction of sp³-hybridized carbons (Fsp3) is 0. The number of aromatic nitrogens is 3. The second-order valence-corrected chi connectivity index (χ2v) is 10.0. The number of pyridine rings is 3. The van der Waals surface area contributed by atoms with Gasteiger partial charge in [0.2, 0.25) is 0 Å². The van der Waals surface area contributed by atoms with Crippen LogP contribution in [0.2, 0.25) is 0 Å². The molecule has 0 fully saturated rings. The monoisotopic (exact) mass is 491 g/mol. The lowest BCUT2D eigenvalue weighted by atomic mass is 10.0. The minimum absolute atomic E-state index is 0.827. The molecule has 0 atom stereocenters. The molecule has 7 aromatic rings. The van der Waals surface area contributed by atoms with Crippen molar-refractivity contribution in [3.8, 4) is 45.0 Å². The minimum atomic E-state index is 0.827. The standard InChI is InChI=1S/C33H21N3S/c1-2-8-22(9-3-1)25-18-30(28-11-6-7-17-34-28)36-31(19-25)29-16-14-24(21-35-29)23-13-15-27-26-10-4-5-12-32(26)37-33(27)20-23/h1-21H. The summed E-state index contributed by atoms with van der Waals surface area (Å²) in [5.41, 5.74) is 7.82. The SMILES string of the molecule is c1ccc(-c2cc(-c3ccccn3)nc(-c3ccc(-c4ccc5c(c4)sc4ccccc45)cn3)c2)cc1. The molecule has 0 aliphatic heterocycles. The number of rotatable bonds is 4. The Bertz CT molecular complexity index is 1800. The van der Waals surface area contributed by atoms with Crippen LogP contribution in [0.1, 0.15) is 0 Å². The highest BCUT2D eigenvalue weighted by molar-refractivity contribution is 7.25. The van der Waals surface area contributed by atoms with Crippen molar-refractivity contribution in [3.63, 3.8) is 0 Å². The van der Waals surface area contributed by atoms with Crippen LogP contribution in [0, 0.1) is 0 Å². The van der Waals surface area contributed by atoms with Gasteiger partial charge in [-0.15, -0.1) is 11.3 Å². The van der Waals surface area contributed by atoms with E-state index in [0.717, 1.165) is 39.5 Å². The predicted molar refractivity (Wildman–Crippen MR) is 154 cm³/mol. The lowest BCUT2D eigenvalue weighted by Gasteiger charge is -2.10. The molecule has 37 heavy (non-hydrogen) atoms. The predicted octanol–water partition coefficient (Wildman–Crippen LogP) is 8.91. The Kier molecular flexibility index (Phi) is 5.30. The molecule has 4 aromatic heterocycles. The van der Waals surface area contributed by atoms with E-state index in [0.29, 0.717) is 0 Å². The summed E-state index contributed by atoms with van der Waals surface area (Å²) in [6.45, 7) is 0. The van der Waals surface area contributed by atoms with Gasteiger partial charge in [-0.25, -0.2) is 4.98 Å². The molecular formula is C33H21N3S. The Hall–Kier alpha value is -4.67. The zero-order valence-corrected chi connectivity index (χ0v) is 20.7. The summed E-state index contributed by atoms with van der Waals surface area (Å²) in [7, 11) is 0. The lowest BCUT2D eigenvalue weighted by Crippen LogP contribution is -1.94. The van der Waals surface area contributed by atoms with Gasteiger partial charge in [0.1, 0.15) is 0 Å². The second kappa shape index (κ2) is 9.08. The molecule has 0 aliphatic carbocycles. The largest absolute Gasteiger partial charge is 0.255 e. The molecule has 0 N–H and O–H groups in total. The number of hydrogen-bond donors (Lipinski definition) is 0. The molecule has 4 heteroatoms. The third-order valence-electron chi connectivity index (χ3n) is 6.60. The molecule has 0 spiro atoms. The molecule has 3 aromatic carbocycles. The smallest absolute Gasteiger partial charge is 0.0900 e. The van der Waals surface area contributed by atoms with Gasteiger partial charge >= 0.3 is 0 Å². The highest BCUT2D eigenvalue weighted by Gasteiger charge is 2.11. The molecule has 4 heterocycles. The van der Waals surface area contributed by atoms with E-state index in [2.05, 4.69) is 96.0 Å². The molecule has 3 nitrogen and oxygen atoms in total. The van der Waals surface area contributed by atoms with Crippen LogP contribution in [0.15, 0.2) is 128 Å². The van der Waals surface area contributed by atoms with Gasteiger partial charge in [-0.1, -0.05) is 72.8 Å². The molecule has 0 amide bonds. The Morgan fingerprint density at radius 2 is 1.16 bits per heavy atom. The van der Waals surface area contributed by atoms with E-state index < -0.39 is 0 Å². The molecule has 7 rings (SSSR count). The molecule has 0 bridgehead atoms. The van der Waals surface area contributed by atoms with Crippen molar-refractivity contribution in [1.82, 2.24) is 15.0 Å². The van der Waals surface area contributed by atoms with Crippen LogP contribution in [-0.4, -0.2) is 15.0 Å². The van der Waals surface area contributed by atoms with Crippen molar-refractivity contribution < 1.29 is 0 Å². The topological polar surface area (TPSA) is 38.7 Å². The Morgan fingerprint density at radius 3 is 1.95 bits per heavy atom. The maximum Gasteiger partial charge on any atom is 0.0900 e. The van der Waals surface area contributed by atoms with E-state index in [-0.39, 0.29) is 0 Å². The average molecular weight is 492 g/mol. The summed E-state index contributed by atoms with van der Waals surface area (Å²) in [4.78, 5) is 14.3. The fourth-order valence-corrected chi connectivity index (χ4v) is 5.87. The van der Waals surface area contributed by atoms with E-state index in [1.54, 1.807) is 6.20 Å². The zero-order chi connectivity index (χ0) is 24.6. The van der Waals surface area contributed by atoms with Crippen molar-refractivity contribution >= 4 is 31.5 Å². The van der Waals surface area contributed by atoms with Crippen molar-refractivity contribution in [3.05, 3.63) is 128 Å². The third-order valence-corrected chi connectivity index (χ3v) is 7.73. The van der Waals surface area contributed by atoms with Crippen molar-refractivity contribution in [1.29, 1.82) is 0 Å². The third kappa shape index (κ3) is 4.07. The Morgan fingerprint density at radius 1 is 0.432 bits per heavy atom. The van der Waals surface area contributed by atoms with E-state index in [1.165, 1.54) is 25.7 Å². The quantitative estimate of drug-likeness (QED) is 0.247. The van der Waals surface area contributed by atoms with Crippen LogP contribution in [0.3, 0.4) is 0 Å². The van der Waals surface area contributed by atoms with E-state index in [1.807, 2.05) is 41.8 Å². The maximum absolute atomic E-state index is 4.94. The van der Waals surface area contributed by atoms with Crippen molar-refractivity contribution in [2.45, 2.75) is 0 Å². The first-order valence-electron chi connectivity index (χ1n) is 12.2. The maximum atomic E-state index is 4.94. The molecular weight excluding hydrogens is 470 g/mol. The van der Waals surface area contributed by atoms with Gasteiger partial charge in [0.05, 0.1) is 22.8 Å². The van der Waals surface area contributed by atoms with Crippen LogP contribution in [-0.2, 0) is 0 Å². The number of thiophene rings is 1. The normalized spacial score (nSPS) is 11.2. The molecule has 0 saturated carbocycles. The zero-order valence-electron chi connectivity index (χ0n) is 19.9. The lowest BCUT2D eigenvalue weighted by molar-refractivity contribution is 1.22. The van der Waals surface area contributed by atoms with E-state index in [9.17, 15) is 0 Å². The Balaban J connectivity index is 1.29. The summed E-state index contributed by atoms with van der Waals surface area (Å²) in [6, 6.07) is 39.9. The number of benzene rings is 3. The molecule has 0 aliphatic rings. The summed E-state index contributed by atoms with van der Waals surface area (Å²) in [5, 5.41) is 2.62. The molecule has 174 valence electrons. The van der Waals surface area contributed by atoms with Gasteiger partial charge in [0.25, 0.3) is 0 Å². The number of hydrogen-bond acceptors (Lipinski definition) is 4. The van der Waals surface area contributed by atoms with Crippen LogP contribution >= 0.6 is 11.3 Å². The summed E-state index contributed by atoms with van der Waals surface area (Å²) in [6.07, 6.45) is 3.74. The molecule has 0 radical (unpaired) electrons. The first kappa shape index (κ1) is 21.6. The van der Waals surface area contributed by atoms with Crippen LogP contribution < -0.4 is 0 Å². The van der Waals surface area contributed by atoms with Crippen molar-refractivity contribution in [2.24, 2.45) is 0 Å². The van der Waals surface area contributed by atoms with Crippen LogP contribution in [0.25, 0.3) is 65.2 Å². The van der Waals surface area contributed by atoms with Crippen LogP contribution in [0.4, 0.5) is 0 Å². The summed E-state index contributed by atoms with van der Waals surface area (Å²) >= 11 is 1.83. The highest BCUT2D eigenvalue weighted by Crippen LogP contribution is 2.36. The first-order valence-corrected chi connectivity index (χ1v) is 13.0. The molecule has 0 unspecified atom stereocenters. The van der Waals surface area contributed by atoms with Gasteiger partial charge < -0.3 is 0 Å². The van der Waals surface area contributed by atoms with Gasteiger partial charge in [-0.3, -0.25) is 9.97 Å². The minimum Gasteiger partial charge on any atom is -0.255 e. The highest BCUT2D eigenvalue weighted by atomic mass is 32.1. The number of nitrogens with zero attached hydrogens (tertiary/aromatic N) is 3. The van der Waals surface area contributed by atoms with Crippen molar-refractivity contribution in [2.75, 3.05) is 0 Å². The fourth-order valence-electron chi connectivity index (χ4n) is 4.73. The first-order chi connectivity index (χ1) is 18.3. The van der Waals surface area contributed by atoms with Gasteiger partial charge in [-0.2, -0.15) is 0 Å². The number of fused-ring (bicyclic) bond motifs is 3. The van der Waals surface area contributed by atoms with Crippen LogP contribution in [0.5, 0.6) is 0 Å². The van der Waals surface area contributed by atoms with E-state index in [4.69, 9.17) is 9.97 Å². The molecule has 0 saturated heterocycles. The second-order valence-electron chi connectivity index (χ2n) is 8.95. The summed E-state index contributed by atoms with van der Waals surface area (Å²) in [5.74, 6) is 0. The van der Waals surface area contributed by atoms with Gasteiger partial charge in [-0.05, 0) is 59.2 Å². The average Bonchev–Trinajstić information content (AvgIpc) is 3.36. The van der Waals surface area contributed by atoms with E-state index >= 15 is 0 Å². The van der Waals surface area contributed by atoms with Gasteiger partial charge in [0.15, 0.2) is 0 Å².